The summed E-state index contributed by atoms with van der Waals surface area (Å²) in [5.41, 5.74) is 0.912. The molecule has 23 heavy (non-hydrogen) atoms. The average molecular weight is 336 g/mol. The van der Waals surface area contributed by atoms with E-state index in [9.17, 15) is 9.59 Å². The SMILES string of the molecule is COC(=O)C1CCCCC1CNC(=O)/C=C/c1ccc(Cl)cc1. The van der Waals surface area contributed by atoms with E-state index in [2.05, 4.69) is 5.32 Å². The van der Waals surface area contributed by atoms with Crippen molar-refractivity contribution in [3.63, 3.8) is 0 Å². The first-order chi connectivity index (χ1) is 11.1. The third-order valence-corrected chi connectivity index (χ3v) is 4.50. The van der Waals surface area contributed by atoms with Gasteiger partial charge in [0.05, 0.1) is 13.0 Å². The highest BCUT2D eigenvalue weighted by Gasteiger charge is 2.31. The number of ether oxygens (including phenoxy) is 1. The third-order valence-electron chi connectivity index (χ3n) is 4.25. The van der Waals surface area contributed by atoms with Gasteiger partial charge in [-0.1, -0.05) is 36.6 Å². The first-order valence-electron chi connectivity index (χ1n) is 7.89. The van der Waals surface area contributed by atoms with Gasteiger partial charge in [0.15, 0.2) is 0 Å². The van der Waals surface area contributed by atoms with Crippen LogP contribution in [-0.2, 0) is 14.3 Å². The molecule has 2 rings (SSSR count). The van der Waals surface area contributed by atoms with Crippen LogP contribution in [0.3, 0.4) is 0 Å². The van der Waals surface area contributed by atoms with Gasteiger partial charge in [-0.3, -0.25) is 9.59 Å². The van der Waals surface area contributed by atoms with Crippen LogP contribution in [0.4, 0.5) is 0 Å². The normalized spacial score (nSPS) is 21.1. The standard InChI is InChI=1S/C18H22ClNO3/c1-23-18(22)16-5-3-2-4-14(16)12-20-17(21)11-8-13-6-9-15(19)10-7-13/h6-11,14,16H,2-5,12H2,1H3,(H,20,21)/b11-8+. The van der Waals surface area contributed by atoms with Crippen molar-refractivity contribution in [3.05, 3.63) is 40.9 Å². The molecule has 1 amide bonds. The number of halogens is 1. The molecule has 1 aliphatic carbocycles. The molecule has 0 aliphatic heterocycles. The second kappa shape index (κ2) is 8.73. The number of rotatable bonds is 5. The maximum Gasteiger partial charge on any atom is 0.309 e. The molecule has 1 aliphatic rings. The Bertz CT molecular complexity index is 568. The van der Waals surface area contributed by atoms with E-state index in [1.807, 2.05) is 12.1 Å². The van der Waals surface area contributed by atoms with E-state index in [0.29, 0.717) is 11.6 Å². The summed E-state index contributed by atoms with van der Waals surface area (Å²) in [6.45, 7) is 0.504. The van der Waals surface area contributed by atoms with E-state index in [-0.39, 0.29) is 23.7 Å². The lowest BCUT2D eigenvalue weighted by atomic mass is 9.79. The fraction of sp³-hybridized carbons (Fsp3) is 0.444. The van der Waals surface area contributed by atoms with E-state index in [0.717, 1.165) is 31.2 Å². The molecule has 2 unspecified atom stereocenters. The van der Waals surface area contributed by atoms with Crippen molar-refractivity contribution < 1.29 is 14.3 Å². The average Bonchev–Trinajstić information content (AvgIpc) is 2.59. The molecule has 5 heteroatoms. The summed E-state index contributed by atoms with van der Waals surface area (Å²) in [4.78, 5) is 23.7. The van der Waals surface area contributed by atoms with Crippen LogP contribution in [0.2, 0.25) is 5.02 Å². The lowest BCUT2D eigenvalue weighted by Gasteiger charge is -2.29. The maximum absolute atomic E-state index is 11.9. The molecule has 0 spiro atoms. The molecule has 124 valence electrons. The molecular weight excluding hydrogens is 314 g/mol. The molecule has 0 bridgehead atoms. The minimum absolute atomic E-state index is 0.103. The predicted molar refractivity (Wildman–Crippen MR) is 91.0 cm³/mol. The summed E-state index contributed by atoms with van der Waals surface area (Å²) in [7, 11) is 1.42. The summed E-state index contributed by atoms with van der Waals surface area (Å²) >= 11 is 5.82. The van der Waals surface area contributed by atoms with Gasteiger partial charge in [0.2, 0.25) is 5.91 Å². The van der Waals surface area contributed by atoms with Crippen molar-refractivity contribution in [1.82, 2.24) is 5.32 Å². The number of methoxy groups -OCH3 is 1. The Labute approximate surface area is 141 Å². The van der Waals surface area contributed by atoms with Crippen molar-refractivity contribution in [2.75, 3.05) is 13.7 Å². The number of hydrogen-bond donors (Lipinski definition) is 1. The second-order valence-corrected chi connectivity index (χ2v) is 6.24. The van der Waals surface area contributed by atoms with Crippen LogP contribution in [0, 0.1) is 11.8 Å². The Balaban J connectivity index is 1.85. The Morgan fingerprint density at radius 3 is 2.65 bits per heavy atom. The van der Waals surface area contributed by atoms with Crippen molar-refractivity contribution in [1.29, 1.82) is 0 Å². The van der Waals surface area contributed by atoms with Gasteiger partial charge in [0, 0.05) is 17.6 Å². The smallest absolute Gasteiger partial charge is 0.309 e. The number of amides is 1. The number of benzene rings is 1. The lowest BCUT2D eigenvalue weighted by Crippen LogP contribution is -2.37. The van der Waals surface area contributed by atoms with Gasteiger partial charge in [-0.05, 0) is 42.5 Å². The highest BCUT2D eigenvalue weighted by Crippen LogP contribution is 2.30. The third kappa shape index (κ3) is 5.39. The summed E-state index contributed by atoms with van der Waals surface area (Å²) in [6, 6.07) is 7.26. The first kappa shape index (κ1) is 17.5. The molecule has 1 N–H and O–H groups in total. The zero-order valence-corrected chi connectivity index (χ0v) is 14.0. The van der Waals surface area contributed by atoms with Crippen molar-refractivity contribution in [2.45, 2.75) is 25.7 Å². The molecular formula is C18H22ClNO3. The second-order valence-electron chi connectivity index (χ2n) is 5.80. The fourth-order valence-corrected chi connectivity index (χ4v) is 3.08. The van der Waals surface area contributed by atoms with E-state index < -0.39 is 0 Å². The molecule has 4 nitrogen and oxygen atoms in total. The highest BCUT2D eigenvalue weighted by atomic mass is 35.5. The van der Waals surface area contributed by atoms with E-state index in [4.69, 9.17) is 16.3 Å². The van der Waals surface area contributed by atoms with Crippen LogP contribution in [0.15, 0.2) is 30.3 Å². The number of carbonyl (C=O) groups is 2. The summed E-state index contributed by atoms with van der Waals surface area (Å²) in [6.07, 6.45) is 7.16. The van der Waals surface area contributed by atoms with E-state index in [1.165, 1.54) is 13.2 Å². The summed E-state index contributed by atoms with van der Waals surface area (Å²) < 4.78 is 4.87. The van der Waals surface area contributed by atoms with Crippen molar-refractivity contribution in [2.24, 2.45) is 11.8 Å². The maximum atomic E-state index is 11.9. The molecule has 1 aromatic rings. The molecule has 1 fully saturated rings. The van der Waals surface area contributed by atoms with Gasteiger partial charge in [-0.15, -0.1) is 0 Å². The fourth-order valence-electron chi connectivity index (χ4n) is 2.95. The van der Waals surface area contributed by atoms with Gasteiger partial charge in [-0.2, -0.15) is 0 Å². The molecule has 1 saturated carbocycles. The number of hydrogen-bond acceptors (Lipinski definition) is 3. The summed E-state index contributed by atoms with van der Waals surface area (Å²) in [5.74, 6) is -0.270. The Kier molecular flexibility index (Phi) is 6.66. The van der Waals surface area contributed by atoms with Crippen LogP contribution in [-0.4, -0.2) is 25.5 Å². The first-order valence-corrected chi connectivity index (χ1v) is 8.27. The zero-order valence-electron chi connectivity index (χ0n) is 13.3. The number of nitrogens with one attached hydrogen (secondary N) is 1. The van der Waals surface area contributed by atoms with Crippen molar-refractivity contribution in [3.8, 4) is 0 Å². The van der Waals surface area contributed by atoms with Gasteiger partial charge in [-0.25, -0.2) is 0 Å². The largest absolute Gasteiger partial charge is 0.469 e. The van der Waals surface area contributed by atoms with Gasteiger partial charge in [0.25, 0.3) is 0 Å². The predicted octanol–water partition coefficient (Wildman–Crippen LogP) is 3.45. The van der Waals surface area contributed by atoms with Crippen LogP contribution in [0.5, 0.6) is 0 Å². The Morgan fingerprint density at radius 1 is 1.26 bits per heavy atom. The lowest BCUT2D eigenvalue weighted by molar-refractivity contribution is -0.148. The molecule has 0 saturated heterocycles. The highest BCUT2D eigenvalue weighted by molar-refractivity contribution is 6.30. The van der Waals surface area contributed by atoms with E-state index in [1.54, 1.807) is 18.2 Å². The molecule has 0 radical (unpaired) electrons. The molecule has 2 atom stereocenters. The molecule has 0 heterocycles. The van der Waals surface area contributed by atoms with Crippen LogP contribution >= 0.6 is 11.6 Å². The Morgan fingerprint density at radius 2 is 1.96 bits per heavy atom. The quantitative estimate of drug-likeness (QED) is 0.662. The number of esters is 1. The number of carbonyl (C=O) groups excluding carboxylic acids is 2. The van der Waals surface area contributed by atoms with Crippen LogP contribution in [0.1, 0.15) is 31.2 Å². The van der Waals surface area contributed by atoms with Gasteiger partial charge >= 0.3 is 5.97 Å². The van der Waals surface area contributed by atoms with E-state index >= 15 is 0 Å². The Hall–Kier alpha value is -1.81. The molecule has 1 aromatic carbocycles. The minimum Gasteiger partial charge on any atom is -0.469 e. The minimum atomic E-state index is -0.166. The van der Waals surface area contributed by atoms with Crippen molar-refractivity contribution >= 4 is 29.6 Å². The van der Waals surface area contributed by atoms with Gasteiger partial charge in [0.1, 0.15) is 0 Å². The van der Waals surface area contributed by atoms with Crippen LogP contribution < -0.4 is 5.32 Å². The van der Waals surface area contributed by atoms with Gasteiger partial charge < -0.3 is 10.1 Å². The monoisotopic (exact) mass is 335 g/mol. The summed E-state index contributed by atoms with van der Waals surface area (Å²) in [5, 5.41) is 3.55. The van der Waals surface area contributed by atoms with Crippen LogP contribution in [0.25, 0.3) is 6.08 Å². The molecule has 0 aromatic heterocycles. The topological polar surface area (TPSA) is 55.4 Å². The zero-order chi connectivity index (χ0) is 16.7.